The van der Waals surface area contributed by atoms with E-state index < -0.39 is 11.6 Å². The molecule has 0 aromatic heterocycles. The number of fused-ring (bicyclic) bond motifs is 6. The number of ether oxygens (including phenoxy) is 2. The smallest absolute Gasteiger partial charge is 0.350 e. The quantitative estimate of drug-likeness (QED) is 0.140. The zero-order valence-electron chi connectivity index (χ0n) is 26.4. The van der Waals surface area contributed by atoms with Crippen LogP contribution in [0.3, 0.4) is 0 Å². The predicted molar refractivity (Wildman–Crippen MR) is 182 cm³/mol. The van der Waals surface area contributed by atoms with Gasteiger partial charge in [-0.3, -0.25) is 0 Å². The van der Waals surface area contributed by atoms with E-state index in [2.05, 4.69) is 37.4 Å². The van der Waals surface area contributed by atoms with Gasteiger partial charge in [0, 0.05) is 34.5 Å². The Bertz CT molecular complexity index is 1910. The molecule has 5 aromatic carbocycles. The summed E-state index contributed by atoms with van der Waals surface area (Å²) in [7, 11) is 0. The van der Waals surface area contributed by atoms with Gasteiger partial charge in [-0.05, 0) is 55.7 Å². The zero-order chi connectivity index (χ0) is 31.9. The highest BCUT2D eigenvalue weighted by Crippen LogP contribution is 2.56. The minimum absolute atomic E-state index is 0.0853. The normalized spacial score (nSPS) is 14.1. The molecule has 5 aromatic rings. The second kappa shape index (κ2) is 11.6. The van der Waals surface area contributed by atoms with Crippen molar-refractivity contribution < 1.29 is 19.1 Å². The highest BCUT2D eigenvalue weighted by Gasteiger charge is 2.54. The molecule has 6 heteroatoms. The second-order valence-corrected chi connectivity index (χ2v) is 12.1. The number of carbonyl (C=O) groups is 2. The molecule has 2 aliphatic heterocycles. The molecule has 2 heterocycles. The van der Waals surface area contributed by atoms with Crippen LogP contribution in [0, 0.1) is 6.92 Å². The first-order valence-electron chi connectivity index (χ1n) is 16.0. The van der Waals surface area contributed by atoms with Crippen LogP contribution in [-0.4, -0.2) is 25.0 Å². The van der Waals surface area contributed by atoms with Gasteiger partial charge >= 0.3 is 11.9 Å². The molecule has 0 bridgehead atoms. The number of hydrogen-bond donors (Lipinski definition) is 1. The fourth-order valence-corrected chi connectivity index (χ4v) is 7.21. The lowest BCUT2D eigenvalue weighted by atomic mass is 9.77. The van der Waals surface area contributed by atoms with Gasteiger partial charge < -0.3 is 14.8 Å². The van der Waals surface area contributed by atoms with Crippen LogP contribution in [-0.2, 0) is 10.3 Å². The molecule has 0 saturated heterocycles. The number of esters is 1. The van der Waals surface area contributed by atoms with Crippen LogP contribution in [0.15, 0.2) is 115 Å². The molecule has 1 spiro atoms. The zero-order valence-corrected chi connectivity index (χ0v) is 26.4. The van der Waals surface area contributed by atoms with E-state index in [1.54, 1.807) is 0 Å². The van der Waals surface area contributed by atoms with Crippen molar-refractivity contribution in [3.05, 3.63) is 149 Å². The number of amides is 1. The Labute approximate surface area is 269 Å². The van der Waals surface area contributed by atoms with E-state index in [1.807, 2.05) is 104 Å². The van der Waals surface area contributed by atoms with Crippen LogP contribution < -0.4 is 14.5 Å². The number of nitrogens with one attached hydrogen (secondary N) is 1. The third-order valence-electron chi connectivity index (χ3n) is 9.25. The van der Waals surface area contributed by atoms with Gasteiger partial charge in [-0.2, -0.15) is 0 Å². The lowest BCUT2D eigenvalue weighted by Gasteiger charge is -2.36. The third kappa shape index (κ3) is 4.52. The van der Waals surface area contributed by atoms with Gasteiger partial charge in [0.2, 0.25) is 0 Å². The molecule has 230 valence electrons. The topological polar surface area (TPSA) is 64.6 Å². The fourth-order valence-electron chi connectivity index (χ4n) is 7.21. The Morgan fingerprint density at radius 3 is 1.98 bits per heavy atom. The number of quaternary nitrogens is 1. The number of nitrogens with zero attached hydrogens (tertiary/aromatic N) is 1. The van der Waals surface area contributed by atoms with E-state index in [-0.39, 0.29) is 10.4 Å². The Morgan fingerprint density at radius 2 is 1.33 bits per heavy atom. The predicted octanol–water partition coefficient (Wildman–Crippen LogP) is 9.27. The number of para-hydroxylation sites is 2. The first-order chi connectivity index (χ1) is 22.4. The van der Waals surface area contributed by atoms with Crippen molar-refractivity contribution in [2.45, 2.75) is 39.2 Å². The van der Waals surface area contributed by atoms with Crippen LogP contribution in [0.1, 0.15) is 69.7 Å². The highest BCUT2D eigenvalue weighted by molar-refractivity contribution is 6.04. The summed E-state index contributed by atoms with van der Waals surface area (Å²) < 4.78 is 12.9. The van der Waals surface area contributed by atoms with Gasteiger partial charge in [0.1, 0.15) is 17.2 Å². The molecule has 0 unspecified atom stereocenters. The van der Waals surface area contributed by atoms with E-state index in [9.17, 15) is 9.59 Å². The van der Waals surface area contributed by atoms with Gasteiger partial charge in [-0.15, -0.1) is 0 Å². The molecule has 0 aliphatic carbocycles. The maximum absolute atomic E-state index is 14.3. The highest BCUT2D eigenvalue weighted by atomic mass is 16.6. The van der Waals surface area contributed by atoms with Crippen molar-refractivity contribution in [2.24, 2.45) is 0 Å². The Kier molecular flexibility index (Phi) is 7.46. The summed E-state index contributed by atoms with van der Waals surface area (Å²) in [5, 5.41) is 3.59. The second-order valence-electron chi connectivity index (χ2n) is 12.1. The number of hydrogen-bond acceptors (Lipinski definition) is 5. The molecule has 6 nitrogen and oxygen atoms in total. The number of aryl methyl sites for hydroxylation is 1. The van der Waals surface area contributed by atoms with Crippen molar-refractivity contribution in [3.63, 3.8) is 0 Å². The molecule has 46 heavy (non-hydrogen) atoms. The summed E-state index contributed by atoms with van der Waals surface area (Å²) in [5.74, 6) is 1.00. The van der Waals surface area contributed by atoms with Gasteiger partial charge in [-0.25, -0.2) is 14.1 Å². The first-order valence-corrected chi connectivity index (χ1v) is 16.0. The van der Waals surface area contributed by atoms with E-state index in [4.69, 9.17) is 9.47 Å². The van der Waals surface area contributed by atoms with Crippen molar-refractivity contribution in [1.29, 1.82) is 0 Å². The van der Waals surface area contributed by atoms with Crippen molar-refractivity contribution in [1.82, 2.24) is 4.48 Å². The van der Waals surface area contributed by atoms with Gasteiger partial charge in [0.15, 0.2) is 5.60 Å². The number of benzene rings is 5. The Hall–Kier alpha value is -5.20. The average molecular weight is 610 g/mol. The summed E-state index contributed by atoms with van der Waals surface area (Å²) in [6.07, 6.45) is 1.70. The van der Waals surface area contributed by atoms with Crippen LogP contribution in [0.25, 0.3) is 0 Å². The summed E-state index contributed by atoms with van der Waals surface area (Å²) in [4.78, 5) is 28.2. The minimum Gasteiger partial charge on any atom is -0.456 e. The molecule has 0 radical (unpaired) electrons. The molecule has 0 atom stereocenters. The van der Waals surface area contributed by atoms with Crippen molar-refractivity contribution in [3.8, 4) is 11.5 Å². The SMILES string of the molecule is CCC[N+](CCC)(C(=O)c1ccccc1)c1ccc(C)c(Nc2cccc3c2C(=O)OC32c3ccccc3Oc3ccccc32)c1. The maximum Gasteiger partial charge on any atom is 0.350 e. The summed E-state index contributed by atoms with van der Waals surface area (Å²) in [6, 6.07) is 37.1. The molecule has 7 rings (SSSR count). The maximum atomic E-state index is 14.3. The van der Waals surface area contributed by atoms with Gasteiger partial charge in [0.05, 0.1) is 29.9 Å². The van der Waals surface area contributed by atoms with Crippen molar-refractivity contribution in [2.75, 3.05) is 18.4 Å². The minimum atomic E-state index is -1.14. The number of rotatable bonds is 8. The summed E-state index contributed by atoms with van der Waals surface area (Å²) >= 11 is 0. The van der Waals surface area contributed by atoms with Crippen LogP contribution in [0.5, 0.6) is 11.5 Å². The Balaban J connectivity index is 1.35. The third-order valence-corrected chi connectivity index (χ3v) is 9.25. The molecular formula is C40H37N2O4+. The van der Waals surface area contributed by atoms with E-state index in [0.717, 1.165) is 46.5 Å². The van der Waals surface area contributed by atoms with E-state index in [1.165, 1.54) is 0 Å². The molecule has 2 aliphatic rings. The first kappa shape index (κ1) is 29.5. The van der Waals surface area contributed by atoms with Crippen LogP contribution in [0.4, 0.5) is 17.1 Å². The van der Waals surface area contributed by atoms with Crippen LogP contribution >= 0.6 is 0 Å². The average Bonchev–Trinajstić information content (AvgIpc) is 3.39. The molecule has 1 amide bonds. The number of carbonyl (C=O) groups excluding carboxylic acids is 2. The van der Waals surface area contributed by atoms with Gasteiger partial charge in [-0.1, -0.05) is 86.6 Å². The lowest BCUT2D eigenvalue weighted by molar-refractivity contribution is 0.0224. The van der Waals surface area contributed by atoms with Gasteiger partial charge in [0.25, 0.3) is 0 Å². The van der Waals surface area contributed by atoms with E-state index >= 15 is 0 Å². The monoisotopic (exact) mass is 609 g/mol. The fraction of sp³-hybridized carbons (Fsp3) is 0.200. The molecular weight excluding hydrogens is 572 g/mol. The van der Waals surface area contributed by atoms with Crippen molar-refractivity contribution >= 4 is 28.9 Å². The molecule has 0 fully saturated rings. The van der Waals surface area contributed by atoms with Crippen LogP contribution in [0.2, 0.25) is 0 Å². The number of anilines is 2. The summed E-state index contributed by atoms with van der Waals surface area (Å²) in [6.45, 7) is 7.64. The molecule has 0 saturated carbocycles. The summed E-state index contributed by atoms with van der Waals surface area (Å²) in [5.41, 5.74) is 5.81. The standard InChI is InChI=1S/C40H36N2O4/c1-4-24-42(25-5-2,38(43)28-14-7-6-8-15-28)29-23-22-27(3)34(26-29)41-33-19-13-18-32-37(33)39(44)46-40(32)30-16-9-11-20-35(30)45-36-21-12-10-17-31(36)40/h6-23,26H,4-5,24-25H2,1-3H3/p+1. The molecule has 1 N–H and O–H groups in total. The lowest BCUT2D eigenvalue weighted by Crippen LogP contribution is -2.55. The Morgan fingerprint density at radius 1 is 0.717 bits per heavy atom. The van der Waals surface area contributed by atoms with E-state index in [0.29, 0.717) is 41.4 Å². The largest absolute Gasteiger partial charge is 0.456 e.